The van der Waals surface area contributed by atoms with Gasteiger partial charge in [0.15, 0.2) is 0 Å². The fourth-order valence-electron chi connectivity index (χ4n) is 3.55. The van der Waals surface area contributed by atoms with Crippen molar-refractivity contribution < 1.29 is 40.9 Å². The number of rotatable bonds is 6. The molecular weight excluding hydrogens is 440 g/mol. The third-order valence-corrected chi connectivity index (χ3v) is 4.78. The Morgan fingerprint density at radius 3 is 1.56 bits per heavy atom. The van der Waals surface area contributed by atoms with E-state index in [0.29, 0.717) is 0 Å². The SMILES string of the molecule is Nc1ccccc1C(CO)(c1cccc(OC(F)(F)F)c1)c1cccc(OC(F)(F)F)c1. The van der Waals surface area contributed by atoms with Crippen LogP contribution in [0.15, 0.2) is 72.8 Å². The van der Waals surface area contributed by atoms with Gasteiger partial charge < -0.3 is 20.3 Å². The molecule has 3 aromatic rings. The highest BCUT2D eigenvalue weighted by Crippen LogP contribution is 2.44. The molecule has 32 heavy (non-hydrogen) atoms. The van der Waals surface area contributed by atoms with Crippen LogP contribution in [0.25, 0.3) is 0 Å². The summed E-state index contributed by atoms with van der Waals surface area (Å²) in [5.41, 5.74) is 5.15. The number of hydrogen-bond acceptors (Lipinski definition) is 4. The molecule has 3 N–H and O–H groups in total. The average molecular weight is 457 g/mol. The van der Waals surface area contributed by atoms with Crippen LogP contribution in [0.4, 0.5) is 32.0 Å². The molecule has 0 bridgehead atoms. The highest BCUT2D eigenvalue weighted by molar-refractivity contribution is 5.62. The van der Waals surface area contributed by atoms with Crippen LogP contribution < -0.4 is 15.2 Å². The molecule has 0 atom stereocenters. The smallest absolute Gasteiger partial charge is 0.406 e. The summed E-state index contributed by atoms with van der Waals surface area (Å²) in [6.45, 7) is -0.730. The first kappa shape index (κ1) is 23.3. The van der Waals surface area contributed by atoms with Gasteiger partial charge in [0.25, 0.3) is 0 Å². The Labute approximate surface area is 178 Å². The molecule has 0 amide bonds. The van der Waals surface area contributed by atoms with E-state index in [9.17, 15) is 31.4 Å². The molecule has 0 aliphatic heterocycles. The van der Waals surface area contributed by atoms with E-state index in [2.05, 4.69) is 9.47 Å². The number of anilines is 1. The molecule has 170 valence electrons. The quantitative estimate of drug-likeness (QED) is 0.296. The third kappa shape index (κ3) is 5.08. The van der Waals surface area contributed by atoms with Gasteiger partial charge in [0.1, 0.15) is 11.5 Å². The Morgan fingerprint density at radius 1 is 0.688 bits per heavy atom. The molecule has 0 aliphatic rings. The minimum Gasteiger partial charge on any atom is -0.406 e. The monoisotopic (exact) mass is 457 g/mol. The summed E-state index contributed by atoms with van der Waals surface area (Å²) in [6.07, 6.45) is -9.93. The van der Waals surface area contributed by atoms with Crippen LogP contribution >= 0.6 is 0 Å². The van der Waals surface area contributed by atoms with E-state index < -0.39 is 36.2 Å². The Morgan fingerprint density at radius 2 is 1.16 bits per heavy atom. The minimum atomic E-state index is -4.97. The number of ether oxygens (including phenoxy) is 2. The van der Waals surface area contributed by atoms with Crippen molar-refractivity contribution >= 4 is 5.69 Å². The second-order valence-electron chi connectivity index (χ2n) is 6.80. The number of alkyl halides is 6. The van der Waals surface area contributed by atoms with Gasteiger partial charge in [-0.25, -0.2) is 0 Å². The fraction of sp³-hybridized carbons (Fsp3) is 0.182. The predicted octanol–water partition coefficient (Wildman–Crippen LogP) is 5.39. The molecule has 4 nitrogen and oxygen atoms in total. The zero-order valence-corrected chi connectivity index (χ0v) is 16.2. The lowest BCUT2D eigenvalue weighted by atomic mass is 9.69. The van der Waals surface area contributed by atoms with E-state index in [4.69, 9.17) is 5.73 Å². The maximum Gasteiger partial charge on any atom is 0.573 e. The van der Waals surface area contributed by atoms with Gasteiger partial charge in [-0.3, -0.25) is 0 Å². The summed E-state index contributed by atoms with van der Waals surface area (Å²) < 4.78 is 84.5. The minimum absolute atomic E-state index is 0.115. The summed E-state index contributed by atoms with van der Waals surface area (Å²) in [7, 11) is 0. The number of aliphatic hydroxyl groups excluding tert-OH is 1. The van der Waals surface area contributed by atoms with E-state index in [-0.39, 0.29) is 22.4 Å². The van der Waals surface area contributed by atoms with Crippen molar-refractivity contribution in [3.05, 3.63) is 89.5 Å². The summed E-state index contributed by atoms with van der Waals surface area (Å²) in [5, 5.41) is 10.5. The molecule has 0 spiro atoms. The van der Waals surface area contributed by atoms with Crippen molar-refractivity contribution in [1.29, 1.82) is 0 Å². The second-order valence-corrected chi connectivity index (χ2v) is 6.80. The summed E-state index contributed by atoms with van der Waals surface area (Å²) in [6, 6.07) is 15.8. The Bertz CT molecular complexity index is 1020. The Hall–Kier alpha value is -3.40. The first-order valence-electron chi connectivity index (χ1n) is 9.13. The highest BCUT2D eigenvalue weighted by atomic mass is 19.4. The zero-order valence-electron chi connectivity index (χ0n) is 16.2. The van der Waals surface area contributed by atoms with Gasteiger partial charge in [0.2, 0.25) is 0 Å². The third-order valence-electron chi connectivity index (χ3n) is 4.78. The number of nitrogen functional groups attached to an aromatic ring is 1. The number of nitrogens with two attached hydrogens (primary N) is 1. The fourth-order valence-corrected chi connectivity index (χ4v) is 3.55. The van der Waals surface area contributed by atoms with Gasteiger partial charge >= 0.3 is 12.7 Å². The van der Waals surface area contributed by atoms with Gasteiger partial charge in [0, 0.05) is 5.69 Å². The van der Waals surface area contributed by atoms with Crippen LogP contribution in [0, 0.1) is 0 Å². The standard InChI is InChI=1S/C22H17F6NO3/c23-21(24,25)31-16-7-3-5-14(11-16)20(13-30,18-9-1-2-10-19(18)29)15-6-4-8-17(12-15)32-22(26,27)28/h1-12,30H,13,29H2. The van der Waals surface area contributed by atoms with Crippen molar-refractivity contribution in [3.63, 3.8) is 0 Å². The van der Waals surface area contributed by atoms with Crippen LogP contribution in [0.1, 0.15) is 16.7 Å². The molecule has 0 heterocycles. The normalized spacial score (nSPS) is 12.5. The van der Waals surface area contributed by atoms with Gasteiger partial charge in [-0.2, -0.15) is 0 Å². The van der Waals surface area contributed by atoms with Gasteiger partial charge in [0.05, 0.1) is 12.0 Å². The molecule has 10 heteroatoms. The number of aliphatic hydroxyl groups is 1. The lowest BCUT2D eigenvalue weighted by molar-refractivity contribution is -0.275. The van der Waals surface area contributed by atoms with E-state index in [0.717, 1.165) is 24.3 Å². The molecule has 0 radical (unpaired) electrons. The average Bonchev–Trinajstić information content (AvgIpc) is 2.68. The molecule has 0 saturated carbocycles. The van der Waals surface area contributed by atoms with Crippen molar-refractivity contribution in [2.24, 2.45) is 0 Å². The van der Waals surface area contributed by atoms with Crippen molar-refractivity contribution in [2.75, 3.05) is 12.3 Å². The largest absolute Gasteiger partial charge is 0.573 e. The Kier molecular flexibility index (Phi) is 6.27. The molecule has 0 aliphatic carbocycles. The lowest BCUT2D eigenvalue weighted by Gasteiger charge is -2.35. The molecule has 0 fully saturated rings. The molecule has 0 aromatic heterocycles. The van der Waals surface area contributed by atoms with Crippen LogP contribution in [0.5, 0.6) is 11.5 Å². The maximum absolute atomic E-state index is 12.8. The first-order chi connectivity index (χ1) is 14.9. The topological polar surface area (TPSA) is 64.7 Å². The van der Waals surface area contributed by atoms with E-state index >= 15 is 0 Å². The van der Waals surface area contributed by atoms with Crippen LogP contribution in [-0.4, -0.2) is 24.4 Å². The van der Waals surface area contributed by atoms with E-state index in [1.165, 1.54) is 36.4 Å². The van der Waals surface area contributed by atoms with Crippen molar-refractivity contribution in [2.45, 2.75) is 18.1 Å². The molecule has 0 saturated heterocycles. The van der Waals surface area contributed by atoms with Gasteiger partial charge in [-0.1, -0.05) is 42.5 Å². The van der Waals surface area contributed by atoms with Crippen LogP contribution in [-0.2, 0) is 5.41 Å². The maximum atomic E-state index is 12.8. The number of hydrogen-bond donors (Lipinski definition) is 2. The summed E-state index contributed by atoms with van der Waals surface area (Å²) >= 11 is 0. The van der Waals surface area contributed by atoms with Crippen LogP contribution in [0.3, 0.4) is 0 Å². The zero-order chi connectivity index (χ0) is 23.6. The molecule has 3 aromatic carbocycles. The number of halogens is 6. The van der Waals surface area contributed by atoms with Gasteiger partial charge in [-0.15, -0.1) is 26.3 Å². The first-order valence-corrected chi connectivity index (χ1v) is 9.13. The molecule has 3 rings (SSSR count). The second kappa shape index (κ2) is 8.62. The van der Waals surface area contributed by atoms with E-state index in [1.807, 2.05) is 0 Å². The lowest BCUT2D eigenvalue weighted by Crippen LogP contribution is -2.34. The number of para-hydroxylation sites is 1. The van der Waals surface area contributed by atoms with E-state index in [1.54, 1.807) is 12.1 Å². The summed E-state index contributed by atoms with van der Waals surface area (Å²) in [4.78, 5) is 0. The van der Waals surface area contributed by atoms with Crippen molar-refractivity contribution in [1.82, 2.24) is 0 Å². The summed E-state index contributed by atoms with van der Waals surface area (Å²) in [5.74, 6) is -1.13. The van der Waals surface area contributed by atoms with Crippen molar-refractivity contribution in [3.8, 4) is 11.5 Å². The predicted molar refractivity (Wildman–Crippen MR) is 104 cm³/mol. The van der Waals surface area contributed by atoms with Crippen LogP contribution in [0.2, 0.25) is 0 Å². The van der Waals surface area contributed by atoms with Gasteiger partial charge in [-0.05, 0) is 47.0 Å². The molecule has 0 unspecified atom stereocenters. The number of benzene rings is 3. The Balaban J connectivity index is 2.26. The highest BCUT2D eigenvalue weighted by Gasteiger charge is 2.39. The molecular formula is C22H17F6NO3.